The van der Waals surface area contributed by atoms with Crippen LogP contribution in [0.2, 0.25) is 5.02 Å². The summed E-state index contributed by atoms with van der Waals surface area (Å²) in [4.78, 5) is 29.3. The minimum absolute atomic E-state index is 0.104. The first-order chi connectivity index (χ1) is 15.9. The minimum atomic E-state index is -1.18. The summed E-state index contributed by atoms with van der Waals surface area (Å²) < 4.78 is 1.71. The molecule has 7 heteroatoms. The Morgan fingerprint density at radius 2 is 1.97 bits per heavy atom. The van der Waals surface area contributed by atoms with Gasteiger partial charge in [0.2, 0.25) is 0 Å². The van der Waals surface area contributed by atoms with Gasteiger partial charge in [-0.3, -0.25) is 14.7 Å². The van der Waals surface area contributed by atoms with Gasteiger partial charge in [0, 0.05) is 27.7 Å². The molecule has 0 bridgehead atoms. The van der Waals surface area contributed by atoms with Crippen LogP contribution in [-0.2, 0) is 4.79 Å². The van der Waals surface area contributed by atoms with Crippen LogP contribution < -0.4 is 5.56 Å². The number of benzene rings is 1. The molecule has 0 aliphatic heterocycles. The Labute approximate surface area is 202 Å². The first kappa shape index (κ1) is 22.3. The second-order valence-corrected chi connectivity index (χ2v) is 10.3. The molecule has 0 spiro atoms. The number of carbonyl (C=O) groups is 1. The number of alkyl halides is 1. The fraction of sp³-hybridized carbons (Fsp3) is 0.385. The Bertz CT molecular complexity index is 1320. The smallest absolute Gasteiger partial charge is 0.267 e. The van der Waals surface area contributed by atoms with Gasteiger partial charge in [0.15, 0.2) is 5.78 Å². The molecule has 2 atom stereocenters. The van der Waals surface area contributed by atoms with Crippen LogP contribution in [0.3, 0.4) is 0 Å². The fourth-order valence-electron chi connectivity index (χ4n) is 5.32. The Morgan fingerprint density at radius 1 is 1.18 bits per heavy atom. The lowest BCUT2D eigenvalue weighted by atomic mass is 9.81. The highest BCUT2D eigenvalue weighted by molar-refractivity contribution is 6.38. The Hall–Kier alpha value is -2.50. The number of aromatic amines is 2. The molecule has 2 aromatic heterocycles. The van der Waals surface area contributed by atoms with Gasteiger partial charge in [-0.15, -0.1) is 11.6 Å². The third-order valence-corrected chi connectivity index (χ3v) is 7.70. The summed E-state index contributed by atoms with van der Waals surface area (Å²) in [7, 11) is 0. The number of hydrogen-bond donors (Lipinski definition) is 2. The van der Waals surface area contributed by atoms with Crippen molar-refractivity contribution >= 4 is 39.9 Å². The van der Waals surface area contributed by atoms with Crippen molar-refractivity contribution in [3.8, 4) is 0 Å². The van der Waals surface area contributed by atoms with Gasteiger partial charge >= 0.3 is 0 Å². The van der Waals surface area contributed by atoms with Crippen LogP contribution >= 0.6 is 23.2 Å². The van der Waals surface area contributed by atoms with Crippen LogP contribution in [0, 0.1) is 6.92 Å². The van der Waals surface area contributed by atoms with Crippen LogP contribution in [0.4, 0.5) is 0 Å². The molecule has 3 aromatic rings. The summed E-state index contributed by atoms with van der Waals surface area (Å²) in [5, 5.41) is 4.77. The third-order valence-electron chi connectivity index (χ3n) is 7.00. The molecule has 1 aromatic carbocycles. The van der Waals surface area contributed by atoms with Crippen LogP contribution in [0.25, 0.3) is 10.9 Å². The van der Waals surface area contributed by atoms with E-state index in [1.165, 1.54) is 6.42 Å². The van der Waals surface area contributed by atoms with E-state index in [0.717, 1.165) is 47.8 Å². The number of Topliss-reactive ketones (excluding diaryl/α,β-unsaturated/α-hetero) is 1. The second-order valence-electron chi connectivity index (χ2n) is 9.22. The maximum atomic E-state index is 14.1. The first-order valence-electron chi connectivity index (χ1n) is 11.5. The standard InChI is InChI=1S/C26H27Cl2N3O2/c1-16-23(19-14-17(27)10-11-20(19)29-16)24(25(33)26(28)12-6-3-7-13-26)21-15-22(32)31(30-21)18-8-4-2-5-9-18/h3,6-7,10-12,14-15,18,24,29-30H,2,4-5,8-9,13H2,1H3. The molecular formula is C26H27Cl2N3O2. The van der Waals surface area contributed by atoms with E-state index in [1.807, 2.05) is 37.3 Å². The number of carbonyl (C=O) groups excluding carboxylic acids is 1. The van der Waals surface area contributed by atoms with Gasteiger partial charge in [-0.2, -0.15) is 0 Å². The summed E-state index contributed by atoms with van der Waals surface area (Å²) in [5.74, 6) is -0.894. The molecule has 2 heterocycles. The van der Waals surface area contributed by atoms with Crippen molar-refractivity contribution in [2.75, 3.05) is 0 Å². The highest BCUT2D eigenvalue weighted by Gasteiger charge is 2.42. The van der Waals surface area contributed by atoms with Crippen LogP contribution in [0.5, 0.6) is 0 Å². The molecule has 172 valence electrons. The fourth-order valence-corrected chi connectivity index (χ4v) is 5.77. The number of H-pyrrole nitrogens is 2. The summed E-state index contributed by atoms with van der Waals surface area (Å²) in [6, 6.07) is 7.30. The average molecular weight is 484 g/mol. The van der Waals surface area contributed by atoms with Gasteiger partial charge in [0.25, 0.3) is 5.56 Å². The lowest BCUT2D eigenvalue weighted by molar-refractivity contribution is -0.121. The van der Waals surface area contributed by atoms with Crippen molar-refractivity contribution in [3.05, 3.63) is 80.9 Å². The first-order valence-corrected chi connectivity index (χ1v) is 12.3. The van der Waals surface area contributed by atoms with Crippen molar-refractivity contribution in [3.63, 3.8) is 0 Å². The molecular weight excluding hydrogens is 457 g/mol. The summed E-state index contributed by atoms with van der Waals surface area (Å²) in [6.45, 7) is 1.94. The second kappa shape index (κ2) is 8.69. The molecule has 5 nitrogen and oxygen atoms in total. The normalized spacial score (nSPS) is 22.2. The zero-order chi connectivity index (χ0) is 23.2. The Kier molecular flexibility index (Phi) is 5.87. The van der Waals surface area contributed by atoms with E-state index in [1.54, 1.807) is 22.9 Å². The molecule has 0 radical (unpaired) electrons. The zero-order valence-electron chi connectivity index (χ0n) is 18.5. The van der Waals surface area contributed by atoms with Gasteiger partial charge in [0.05, 0.1) is 17.7 Å². The van der Waals surface area contributed by atoms with Gasteiger partial charge in [-0.1, -0.05) is 55.2 Å². The van der Waals surface area contributed by atoms with E-state index in [-0.39, 0.29) is 17.4 Å². The monoisotopic (exact) mass is 483 g/mol. The molecule has 2 N–H and O–H groups in total. The molecule has 0 amide bonds. The lowest BCUT2D eigenvalue weighted by Crippen LogP contribution is -2.36. The quantitative estimate of drug-likeness (QED) is 0.416. The molecule has 0 saturated heterocycles. The number of aromatic nitrogens is 3. The summed E-state index contributed by atoms with van der Waals surface area (Å²) >= 11 is 13.2. The largest absolute Gasteiger partial charge is 0.358 e. The van der Waals surface area contributed by atoms with Crippen molar-refractivity contribution < 1.29 is 4.79 Å². The molecule has 2 unspecified atom stereocenters. The molecule has 1 saturated carbocycles. The predicted molar refractivity (Wildman–Crippen MR) is 134 cm³/mol. The highest BCUT2D eigenvalue weighted by Crippen LogP contribution is 2.41. The van der Waals surface area contributed by atoms with Gasteiger partial charge in [-0.25, -0.2) is 4.68 Å². The lowest BCUT2D eigenvalue weighted by Gasteiger charge is -2.28. The van der Waals surface area contributed by atoms with Gasteiger partial charge in [-0.05, 0) is 49.9 Å². The molecule has 5 rings (SSSR count). The minimum Gasteiger partial charge on any atom is -0.358 e. The van der Waals surface area contributed by atoms with E-state index >= 15 is 0 Å². The van der Waals surface area contributed by atoms with Gasteiger partial charge in [0.1, 0.15) is 4.87 Å². The predicted octanol–water partition coefficient (Wildman–Crippen LogP) is 6.32. The Balaban J connectivity index is 1.68. The number of ketones is 1. The molecule has 1 fully saturated rings. The van der Waals surface area contributed by atoms with Crippen molar-refractivity contribution in [1.82, 2.24) is 14.8 Å². The van der Waals surface area contributed by atoms with Crippen molar-refractivity contribution in [2.24, 2.45) is 0 Å². The summed E-state index contributed by atoms with van der Waals surface area (Å²) in [6.07, 6.45) is 13.1. The van der Waals surface area contributed by atoms with Crippen LogP contribution in [0.1, 0.15) is 67.4 Å². The van der Waals surface area contributed by atoms with Crippen molar-refractivity contribution in [1.29, 1.82) is 0 Å². The number of aryl methyl sites for hydroxylation is 1. The number of halogens is 2. The summed E-state index contributed by atoms with van der Waals surface area (Å²) in [5.41, 5.74) is 3.02. The van der Waals surface area contributed by atoms with E-state index in [9.17, 15) is 9.59 Å². The molecule has 33 heavy (non-hydrogen) atoms. The van der Waals surface area contributed by atoms with E-state index < -0.39 is 10.8 Å². The molecule has 2 aliphatic carbocycles. The number of nitrogens with zero attached hydrogens (tertiary/aromatic N) is 1. The van der Waals surface area contributed by atoms with Crippen LogP contribution in [-0.4, -0.2) is 25.4 Å². The number of allylic oxidation sites excluding steroid dienone is 4. The molecule has 2 aliphatic rings. The van der Waals surface area contributed by atoms with Crippen LogP contribution in [0.15, 0.2) is 53.4 Å². The Morgan fingerprint density at radius 3 is 2.70 bits per heavy atom. The number of hydrogen-bond acceptors (Lipinski definition) is 2. The number of fused-ring (bicyclic) bond motifs is 1. The van der Waals surface area contributed by atoms with E-state index in [2.05, 4.69) is 10.1 Å². The zero-order valence-corrected chi connectivity index (χ0v) is 20.0. The third kappa shape index (κ3) is 4.02. The highest BCUT2D eigenvalue weighted by atomic mass is 35.5. The number of rotatable bonds is 5. The van der Waals surface area contributed by atoms with E-state index in [4.69, 9.17) is 23.2 Å². The number of nitrogens with one attached hydrogen (secondary N) is 2. The van der Waals surface area contributed by atoms with Crippen molar-refractivity contribution in [2.45, 2.75) is 62.3 Å². The van der Waals surface area contributed by atoms with E-state index in [0.29, 0.717) is 17.1 Å². The van der Waals surface area contributed by atoms with Gasteiger partial charge < -0.3 is 4.98 Å². The SMILES string of the molecule is Cc1[nH]c2ccc(Cl)cc2c1C(C(=O)C1(Cl)C=CC=CC1)c1cc(=O)n(C2CCCCC2)[nH]1. The maximum Gasteiger partial charge on any atom is 0.267 e. The average Bonchev–Trinajstić information content (AvgIpc) is 3.35. The topological polar surface area (TPSA) is 70.7 Å². The maximum absolute atomic E-state index is 14.1.